The summed E-state index contributed by atoms with van der Waals surface area (Å²) in [5.41, 5.74) is -0.568. The maximum absolute atomic E-state index is 12.8. The number of hydrogen-bond donors (Lipinski definition) is 2. The van der Waals surface area contributed by atoms with Crippen LogP contribution in [0.5, 0.6) is 23.0 Å². The van der Waals surface area contributed by atoms with Crippen LogP contribution in [0.1, 0.15) is 0 Å². The Hall–Kier alpha value is -3.02. The number of hydrogen-bond acceptors (Lipinski definition) is 5. The Morgan fingerprint density at radius 3 is 2.52 bits per heavy atom. The molecule has 0 aliphatic heterocycles. The highest BCUT2D eigenvalue weighted by Crippen LogP contribution is 2.29. The molecule has 3 aromatic rings. The first-order valence-electron chi connectivity index (χ1n) is 5.95. The van der Waals surface area contributed by atoms with Crippen molar-refractivity contribution in [3.63, 3.8) is 0 Å². The molecule has 106 valence electrons. The molecule has 0 unspecified atom stereocenters. The molecule has 5 nitrogen and oxygen atoms in total. The molecule has 0 fully saturated rings. The van der Waals surface area contributed by atoms with Crippen LogP contribution in [0, 0.1) is 5.82 Å². The van der Waals surface area contributed by atoms with Gasteiger partial charge in [0.2, 0.25) is 11.2 Å². The Morgan fingerprint density at radius 1 is 1.10 bits per heavy atom. The molecule has 6 heteroatoms. The summed E-state index contributed by atoms with van der Waals surface area (Å²) in [5, 5.41) is 19.0. The predicted octanol–water partition coefficient (Wildman–Crippen LogP) is 3.14. The van der Waals surface area contributed by atoms with Crippen molar-refractivity contribution in [2.24, 2.45) is 0 Å². The van der Waals surface area contributed by atoms with Crippen LogP contribution >= 0.6 is 0 Å². The van der Waals surface area contributed by atoms with E-state index >= 15 is 0 Å². The number of rotatable bonds is 2. The number of aromatic hydroxyl groups is 2. The van der Waals surface area contributed by atoms with Crippen LogP contribution in [0.2, 0.25) is 0 Å². The predicted molar refractivity (Wildman–Crippen MR) is 72.3 cm³/mol. The molecule has 0 aliphatic carbocycles. The molecule has 1 heterocycles. The number of phenols is 2. The van der Waals surface area contributed by atoms with Gasteiger partial charge in [-0.3, -0.25) is 4.79 Å². The highest BCUT2D eigenvalue weighted by Gasteiger charge is 2.14. The summed E-state index contributed by atoms with van der Waals surface area (Å²) in [4.78, 5) is 12.2. The van der Waals surface area contributed by atoms with Crippen molar-refractivity contribution in [1.29, 1.82) is 0 Å². The zero-order valence-corrected chi connectivity index (χ0v) is 10.5. The Morgan fingerprint density at radius 2 is 1.81 bits per heavy atom. The van der Waals surface area contributed by atoms with Crippen molar-refractivity contribution < 1.29 is 23.8 Å². The van der Waals surface area contributed by atoms with Crippen LogP contribution in [-0.2, 0) is 0 Å². The van der Waals surface area contributed by atoms with Crippen molar-refractivity contribution in [3.05, 3.63) is 58.7 Å². The summed E-state index contributed by atoms with van der Waals surface area (Å²) in [7, 11) is 0. The van der Waals surface area contributed by atoms with E-state index in [1.54, 1.807) is 0 Å². The Labute approximate surface area is 117 Å². The van der Waals surface area contributed by atoms with Gasteiger partial charge in [0.05, 0.1) is 0 Å². The summed E-state index contributed by atoms with van der Waals surface area (Å²) in [6, 6.07) is 7.32. The molecule has 21 heavy (non-hydrogen) atoms. The van der Waals surface area contributed by atoms with Crippen LogP contribution < -0.4 is 10.2 Å². The van der Waals surface area contributed by atoms with Crippen molar-refractivity contribution in [1.82, 2.24) is 0 Å². The van der Waals surface area contributed by atoms with Gasteiger partial charge >= 0.3 is 0 Å². The highest BCUT2D eigenvalue weighted by molar-refractivity contribution is 5.85. The topological polar surface area (TPSA) is 79.9 Å². The number of halogens is 1. The highest BCUT2D eigenvalue weighted by atomic mass is 19.1. The second kappa shape index (κ2) is 4.82. The SMILES string of the molecule is O=c1c(Oc2ccc(F)cc2)coc2cc(O)cc(O)c12. The molecule has 0 bridgehead atoms. The lowest BCUT2D eigenvalue weighted by Crippen LogP contribution is -2.05. The average Bonchev–Trinajstić information content (AvgIpc) is 2.43. The number of benzene rings is 2. The van der Waals surface area contributed by atoms with Crippen molar-refractivity contribution in [2.75, 3.05) is 0 Å². The van der Waals surface area contributed by atoms with Gasteiger partial charge in [-0.05, 0) is 24.3 Å². The number of fused-ring (bicyclic) bond motifs is 1. The van der Waals surface area contributed by atoms with E-state index in [9.17, 15) is 19.4 Å². The van der Waals surface area contributed by atoms with E-state index < -0.39 is 17.0 Å². The van der Waals surface area contributed by atoms with Gasteiger partial charge in [-0.25, -0.2) is 4.39 Å². The van der Waals surface area contributed by atoms with Crippen LogP contribution in [0.15, 0.2) is 51.9 Å². The maximum Gasteiger partial charge on any atom is 0.238 e. The summed E-state index contributed by atoms with van der Waals surface area (Å²) in [5.74, 6) is -0.976. The van der Waals surface area contributed by atoms with Gasteiger partial charge in [0, 0.05) is 12.1 Å². The van der Waals surface area contributed by atoms with Crippen molar-refractivity contribution in [3.8, 4) is 23.0 Å². The Kier molecular flexibility index (Phi) is 2.98. The zero-order chi connectivity index (χ0) is 15.0. The largest absolute Gasteiger partial charge is 0.508 e. The molecule has 3 rings (SSSR count). The molecule has 0 atom stereocenters. The standard InChI is InChI=1S/C15H9FO5/c16-8-1-3-10(4-2-8)21-13-7-20-12-6-9(17)5-11(18)14(12)15(13)19/h1-7,17-18H. The Balaban J connectivity index is 2.10. The second-order valence-corrected chi connectivity index (χ2v) is 4.32. The van der Waals surface area contributed by atoms with Gasteiger partial charge < -0.3 is 19.4 Å². The molecule has 0 spiro atoms. The van der Waals surface area contributed by atoms with E-state index in [-0.39, 0.29) is 28.2 Å². The smallest absolute Gasteiger partial charge is 0.238 e. The van der Waals surface area contributed by atoms with Gasteiger partial charge in [-0.15, -0.1) is 0 Å². The molecule has 2 N–H and O–H groups in total. The van der Waals surface area contributed by atoms with E-state index in [2.05, 4.69) is 0 Å². The summed E-state index contributed by atoms with van der Waals surface area (Å²) >= 11 is 0. The molecule has 0 aliphatic rings. The quantitative estimate of drug-likeness (QED) is 0.757. The second-order valence-electron chi connectivity index (χ2n) is 4.32. The minimum Gasteiger partial charge on any atom is -0.508 e. The number of ether oxygens (including phenoxy) is 1. The Bertz CT molecular complexity index is 868. The van der Waals surface area contributed by atoms with Gasteiger partial charge in [-0.1, -0.05) is 0 Å². The molecular weight excluding hydrogens is 279 g/mol. The van der Waals surface area contributed by atoms with Crippen molar-refractivity contribution >= 4 is 11.0 Å². The summed E-state index contributed by atoms with van der Waals surface area (Å²) in [6.07, 6.45) is 1.06. The molecular formula is C15H9FO5. The average molecular weight is 288 g/mol. The minimum absolute atomic E-state index is 0.0314. The van der Waals surface area contributed by atoms with Crippen LogP contribution in [0.4, 0.5) is 4.39 Å². The third-order valence-electron chi connectivity index (χ3n) is 2.85. The normalized spacial score (nSPS) is 10.7. The molecule has 0 radical (unpaired) electrons. The van der Waals surface area contributed by atoms with Gasteiger partial charge in [0.25, 0.3) is 0 Å². The fraction of sp³-hybridized carbons (Fsp3) is 0. The van der Waals surface area contributed by atoms with E-state index in [4.69, 9.17) is 9.15 Å². The lowest BCUT2D eigenvalue weighted by atomic mass is 10.2. The fourth-order valence-electron chi connectivity index (χ4n) is 1.90. The molecule has 0 saturated carbocycles. The molecule has 1 aromatic heterocycles. The van der Waals surface area contributed by atoms with E-state index in [0.29, 0.717) is 0 Å². The first-order valence-corrected chi connectivity index (χ1v) is 5.95. The third kappa shape index (κ3) is 2.38. The lowest BCUT2D eigenvalue weighted by Gasteiger charge is -2.06. The lowest BCUT2D eigenvalue weighted by molar-refractivity contribution is 0.438. The molecule has 2 aromatic carbocycles. The van der Waals surface area contributed by atoms with Crippen LogP contribution in [-0.4, -0.2) is 10.2 Å². The first kappa shape index (κ1) is 13.0. The van der Waals surface area contributed by atoms with E-state index in [1.807, 2.05) is 0 Å². The van der Waals surface area contributed by atoms with E-state index in [1.165, 1.54) is 30.3 Å². The van der Waals surface area contributed by atoms with Crippen LogP contribution in [0.3, 0.4) is 0 Å². The van der Waals surface area contributed by atoms with Crippen LogP contribution in [0.25, 0.3) is 11.0 Å². The summed E-state index contributed by atoms with van der Waals surface area (Å²) in [6.45, 7) is 0. The minimum atomic E-state index is -0.599. The van der Waals surface area contributed by atoms with E-state index in [0.717, 1.165) is 12.3 Å². The zero-order valence-electron chi connectivity index (χ0n) is 10.5. The molecule has 0 saturated heterocycles. The number of phenolic OH excluding ortho intramolecular Hbond substituents is 2. The molecule has 0 amide bonds. The first-order chi connectivity index (χ1) is 10.0. The van der Waals surface area contributed by atoms with Gasteiger partial charge in [0.1, 0.15) is 40.3 Å². The fourth-order valence-corrected chi connectivity index (χ4v) is 1.90. The van der Waals surface area contributed by atoms with Gasteiger partial charge in [0.15, 0.2) is 0 Å². The van der Waals surface area contributed by atoms with Crippen molar-refractivity contribution in [2.45, 2.75) is 0 Å². The third-order valence-corrected chi connectivity index (χ3v) is 2.85. The monoisotopic (exact) mass is 288 g/mol. The van der Waals surface area contributed by atoms with Gasteiger partial charge in [-0.2, -0.15) is 0 Å². The maximum atomic E-state index is 12.8. The summed E-state index contributed by atoms with van der Waals surface area (Å²) < 4.78 is 23.3.